The van der Waals surface area contributed by atoms with Gasteiger partial charge in [0, 0.05) is 23.9 Å². The van der Waals surface area contributed by atoms with Gasteiger partial charge >= 0.3 is 0 Å². The van der Waals surface area contributed by atoms with Gasteiger partial charge in [0.2, 0.25) is 0 Å². The van der Waals surface area contributed by atoms with Gasteiger partial charge in [-0.05, 0) is 24.1 Å². The van der Waals surface area contributed by atoms with E-state index in [1.807, 2.05) is 24.3 Å². The summed E-state index contributed by atoms with van der Waals surface area (Å²) >= 11 is 3.59. The molecule has 35 heavy (non-hydrogen) atoms. The summed E-state index contributed by atoms with van der Waals surface area (Å²) in [7, 11) is 0. The minimum atomic E-state index is -0.845. The van der Waals surface area contributed by atoms with Crippen molar-refractivity contribution in [2.45, 2.75) is 121 Å². The highest BCUT2D eigenvalue weighted by atomic mass is 79.9. The third-order valence-electron chi connectivity index (χ3n) is 7.55. The molecule has 0 radical (unpaired) electrons. The zero-order valence-electron chi connectivity index (χ0n) is 21.9. The molecule has 194 valence electrons. The molecule has 3 rings (SSSR count). The smallest absolute Gasteiger partial charge is 0.109 e. The van der Waals surface area contributed by atoms with Crippen LogP contribution in [0.1, 0.15) is 115 Å². The summed E-state index contributed by atoms with van der Waals surface area (Å²) in [5.41, 5.74) is 1.38. The standard InChI is InChI=1S/C31H47BrN2O/c1-2-3-4-5-6-7-8-9-10-11-12-13-14-18-24-34-30(31(35)22-16-15-17-23-31)26-29(33-34)27-20-19-21-28(32)25-27/h15-17,19-22,25,30,35H,2-14,18,23-24,26H2,1H3. The van der Waals surface area contributed by atoms with Gasteiger partial charge in [-0.2, -0.15) is 5.10 Å². The number of hydrogen-bond donors (Lipinski definition) is 1. The molecule has 3 nitrogen and oxygen atoms in total. The fourth-order valence-corrected chi connectivity index (χ4v) is 5.78. The minimum absolute atomic E-state index is 0.000320. The summed E-state index contributed by atoms with van der Waals surface area (Å²) in [5, 5.41) is 18.6. The van der Waals surface area contributed by atoms with Crippen LogP contribution in [0.4, 0.5) is 0 Å². The first kappa shape index (κ1) is 28.2. The fourth-order valence-electron chi connectivity index (χ4n) is 5.38. The quantitative estimate of drug-likeness (QED) is 0.199. The Morgan fingerprint density at radius 1 is 0.914 bits per heavy atom. The van der Waals surface area contributed by atoms with Gasteiger partial charge < -0.3 is 5.11 Å². The average molecular weight is 544 g/mol. The van der Waals surface area contributed by atoms with Crippen LogP contribution in [0.3, 0.4) is 0 Å². The predicted molar refractivity (Wildman–Crippen MR) is 154 cm³/mol. The van der Waals surface area contributed by atoms with Crippen molar-refractivity contribution in [2.75, 3.05) is 6.54 Å². The zero-order chi connectivity index (χ0) is 24.8. The summed E-state index contributed by atoms with van der Waals surface area (Å²) in [5.74, 6) is 0. The molecule has 1 aliphatic heterocycles. The van der Waals surface area contributed by atoms with Gasteiger partial charge in [-0.25, -0.2) is 0 Å². The summed E-state index contributed by atoms with van der Waals surface area (Å²) in [6.07, 6.45) is 28.6. The molecule has 0 spiro atoms. The first-order chi connectivity index (χ1) is 17.1. The second kappa shape index (κ2) is 15.7. The Morgan fingerprint density at radius 2 is 1.54 bits per heavy atom. The number of unbranched alkanes of at least 4 members (excludes halogenated alkanes) is 13. The van der Waals surface area contributed by atoms with Crippen LogP contribution in [0.2, 0.25) is 0 Å². The molecule has 1 aromatic rings. The molecule has 2 aliphatic rings. The molecule has 0 amide bonds. The van der Waals surface area contributed by atoms with Crippen LogP contribution in [0.25, 0.3) is 0 Å². The molecular weight excluding hydrogens is 496 g/mol. The van der Waals surface area contributed by atoms with Crippen molar-refractivity contribution >= 4 is 21.6 Å². The SMILES string of the molecule is CCCCCCCCCCCCCCCCN1N=C(c2cccc(Br)c2)CC1C1(O)C=CC=CC1. The first-order valence-electron chi connectivity index (χ1n) is 14.3. The van der Waals surface area contributed by atoms with Gasteiger partial charge in [-0.3, -0.25) is 5.01 Å². The molecule has 2 unspecified atom stereocenters. The molecule has 0 saturated carbocycles. The Hall–Kier alpha value is -1.39. The van der Waals surface area contributed by atoms with E-state index in [4.69, 9.17) is 5.10 Å². The number of halogens is 1. The van der Waals surface area contributed by atoms with E-state index in [0.717, 1.165) is 35.1 Å². The number of allylic oxidation sites excluding steroid dienone is 2. The molecule has 0 aromatic heterocycles. The molecule has 1 aromatic carbocycles. The van der Waals surface area contributed by atoms with Crippen LogP contribution in [0, 0.1) is 0 Å². The van der Waals surface area contributed by atoms with Crippen molar-refractivity contribution in [1.29, 1.82) is 0 Å². The fraction of sp³-hybridized carbons (Fsp3) is 0.645. The molecule has 4 heteroatoms. The highest BCUT2D eigenvalue weighted by Crippen LogP contribution is 2.34. The second-order valence-electron chi connectivity index (χ2n) is 10.5. The predicted octanol–water partition coefficient (Wildman–Crippen LogP) is 8.96. The molecule has 0 fully saturated rings. The van der Waals surface area contributed by atoms with Gasteiger partial charge in [0.15, 0.2) is 0 Å². The van der Waals surface area contributed by atoms with E-state index in [9.17, 15) is 5.11 Å². The molecule has 0 saturated heterocycles. The van der Waals surface area contributed by atoms with Gasteiger partial charge in [-0.15, -0.1) is 0 Å². The van der Waals surface area contributed by atoms with E-state index in [2.05, 4.69) is 52.1 Å². The molecule has 0 bridgehead atoms. The van der Waals surface area contributed by atoms with Crippen LogP contribution < -0.4 is 0 Å². The molecule has 1 N–H and O–H groups in total. The third-order valence-corrected chi connectivity index (χ3v) is 8.04. The van der Waals surface area contributed by atoms with E-state index in [1.54, 1.807) is 0 Å². The van der Waals surface area contributed by atoms with Gasteiger partial charge in [0.1, 0.15) is 5.60 Å². The van der Waals surface area contributed by atoms with E-state index in [1.165, 1.54) is 83.5 Å². The van der Waals surface area contributed by atoms with Crippen molar-refractivity contribution in [3.63, 3.8) is 0 Å². The maximum absolute atomic E-state index is 11.4. The number of hydrazone groups is 1. The van der Waals surface area contributed by atoms with Crippen molar-refractivity contribution in [2.24, 2.45) is 5.10 Å². The van der Waals surface area contributed by atoms with Crippen molar-refractivity contribution < 1.29 is 5.11 Å². The van der Waals surface area contributed by atoms with Crippen LogP contribution in [-0.4, -0.2) is 34.0 Å². The lowest BCUT2D eigenvalue weighted by Crippen LogP contribution is -2.48. The van der Waals surface area contributed by atoms with E-state index in [-0.39, 0.29) is 6.04 Å². The van der Waals surface area contributed by atoms with E-state index < -0.39 is 5.60 Å². The van der Waals surface area contributed by atoms with Crippen LogP contribution in [0.15, 0.2) is 58.1 Å². The molecular formula is C31H47BrN2O. The topological polar surface area (TPSA) is 35.8 Å². The number of aliphatic hydroxyl groups is 1. The highest BCUT2D eigenvalue weighted by molar-refractivity contribution is 9.10. The first-order valence-corrected chi connectivity index (χ1v) is 15.1. The Balaban J connectivity index is 1.36. The number of hydrogen-bond acceptors (Lipinski definition) is 3. The number of nitrogens with zero attached hydrogens (tertiary/aromatic N) is 2. The normalized spacial score (nSPS) is 21.6. The lowest BCUT2D eigenvalue weighted by molar-refractivity contribution is 0.00122. The molecule has 2 atom stereocenters. The summed E-state index contributed by atoms with van der Waals surface area (Å²) in [4.78, 5) is 0. The molecule has 1 heterocycles. The summed E-state index contributed by atoms with van der Waals surface area (Å²) in [6.45, 7) is 3.20. The average Bonchev–Trinajstić information content (AvgIpc) is 3.30. The van der Waals surface area contributed by atoms with Crippen molar-refractivity contribution in [3.8, 4) is 0 Å². The largest absolute Gasteiger partial charge is 0.383 e. The van der Waals surface area contributed by atoms with Gasteiger partial charge in [-0.1, -0.05) is 143 Å². The zero-order valence-corrected chi connectivity index (χ0v) is 23.5. The Labute approximate surface area is 222 Å². The third kappa shape index (κ3) is 9.53. The Bertz CT molecular complexity index is 833. The number of rotatable bonds is 17. The number of benzene rings is 1. The second-order valence-corrected chi connectivity index (χ2v) is 11.4. The maximum atomic E-state index is 11.4. The Morgan fingerprint density at radius 3 is 2.11 bits per heavy atom. The lowest BCUT2D eigenvalue weighted by Gasteiger charge is -2.37. The van der Waals surface area contributed by atoms with Crippen molar-refractivity contribution in [3.05, 3.63) is 58.6 Å². The Kier molecular flexibility index (Phi) is 12.6. The van der Waals surface area contributed by atoms with Gasteiger partial charge in [0.25, 0.3) is 0 Å². The van der Waals surface area contributed by atoms with E-state index in [0.29, 0.717) is 6.42 Å². The monoisotopic (exact) mass is 542 g/mol. The minimum Gasteiger partial charge on any atom is -0.383 e. The lowest BCUT2D eigenvalue weighted by atomic mass is 9.84. The summed E-state index contributed by atoms with van der Waals surface area (Å²) in [6, 6.07) is 8.36. The highest BCUT2D eigenvalue weighted by Gasteiger charge is 2.42. The molecule has 1 aliphatic carbocycles. The van der Waals surface area contributed by atoms with Gasteiger partial charge in [0.05, 0.1) is 11.8 Å². The van der Waals surface area contributed by atoms with Crippen molar-refractivity contribution in [1.82, 2.24) is 5.01 Å². The maximum Gasteiger partial charge on any atom is 0.109 e. The van der Waals surface area contributed by atoms with Crippen LogP contribution in [-0.2, 0) is 0 Å². The summed E-state index contributed by atoms with van der Waals surface area (Å²) < 4.78 is 1.07. The van der Waals surface area contributed by atoms with Crippen LogP contribution in [0.5, 0.6) is 0 Å². The van der Waals surface area contributed by atoms with Crippen LogP contribution >= 0.6 is 15.9 Å². The van der Waals surface area contributed by atoms with E-state index >= 15 is 0 Å².